The number of hydrogen-bond acceptors (Lipinski definition) is 3. The average Bonchev–Trinajstić information content (AvgIpc) is 3.41. The highest BCUT2D eigenvalue weighted by Gasteiger charge is 2.49. The molecule has 2 atom stereocenters. The van der Waals surface area contributed by atoms with E-state index in [1.54, 1.807) is 9.80 Å². The molecule has 0 bridgehead atoms. The summed E-state index contributed by atoms with van der Waals surface area (Å²) in [6.45, 7) is 3.27. The topological polar surface area (TPSA) is 69.7 Å². The third-order valence-electron chi connectivity index (χ3n) is 4.94. The van der Waals surface area contributed by atoms with Crippen molar-refractivity contribution in [1.82, 2.24) is 9.80 Å². The first-order valence-corrected chi connectivity index (χ1v) is 8.69. The molecule has 1 saturated carbocycles. The van der Waals surface area contributed by atoms with Crippen molar-refractivity contribution in [2.45, 2.75) is 19.5 Å². The highest BCUT2D eigenvalue weighted by molar-refractivity contribution is 5.99. The van der Waals surface area contributed by atoms with Crippen LogP contribution in [-0.4, -0.2) is 53.7 Å². The van der Waals surface area contributed by atoms with E-state index in [0.29, 0.717) is 32.6 Å². The molecule has 2 unspecified atom stereocenters. The van der Waals surface area contributed by atoms with Gasteiger partial charge in [0, 0.05) is 38.8 Å². The molecule has 9 heteroatoms. The fraction of sp³-hybridized carbons (Fsp3) is 0.500. The van der Waals surface area contributed by atoms with Gasteiger partial charge in [0.25, 0.3) is 0 Å². The second-order valence-corrected chi connectivity index (χ2v) is 6.85. The number of nitrogens with zero attached hydrogens (tertiary/aromatic N) is 2. The van der Waals surface area contributed by atoms with Crippen LogP contribution in [0.1, 0.15) is 18.9 Å². The van der Waals surface area contributed by atoms with Crippen LogP contribution in [0.5, 0.6) is 0 Å². The van der Waals surface area contributed by atoms with Crippen LogP contribution in [0.15, 0.2) is 24.3 Å². The minimum absolute atomic E-state index is 0.0353. The largest absolute Gasteiger partial charge is 0.416 e. The Labute approximate surface area is 154 Å². The molecular weight excluding hydrogens is 363 g/mol. The van der Waals surface area contributed by atoms with Gasteiger partial charge in [0.05, 0.1) is 17.4 Å². The molecule has 1 heterocycles. The lowest BCUT2D eigenvalue weighted by Gasteiger charge is -2.34. The molecule has 1 aromatic rings. The molecule has 3 amide bonds. The molecule has 0 aromatic heterocycles. The molecule has 1 saturated heterocycles. The van der Waals surface area contributed by atoms with Crippen LogP contribution in [0.2, 0.25) is 0 Å². The van der Waals surface area contributed by atoms with E-state index in [0.717, 1.165) is 12.1 Å². The highest BCUT2D eigenvalue weighted by atomic mass is 19.4. The van der Waals surface area contributed by atoms with E-state index >= 15 is 0 Å². The molecule has 1 aliphatic carbocycles. The van der Waals surface area contributed by atoms with Crippen molar-refractivity contribution < 1.29 is 27.6 Å². The van der Waals surface area contributed by atoms with E-state index in [4.69, 9.17) is 0 Å². The monoisotopic (exact) mass is 383 g/mol. The third kappa shape index (κ3) is 4.40. The summed E-state index contributed by atoms with van der Waals surface area (Å²) in [5.41, 5.74) is -0.782. The number of alkyl halides is 3. The summed E-state index contributed by atoms with van der Waals surface area (Å²) in [6, 6.07) is 4.41. The number of benzene rings is 1. The van der Waals surface area contributed by atoms with Gasteiger partial charge in [-0.2, -0.15) is 13.2 Å². The molecule has 146 valence electrons. The maximum Gasteiger partial charge on any atom is 0.416 e. The predicted octanol–water partition coefficient (Wildman–Crippen LogP) is 1.97. The quantitative estimate of drug-likeness (QED) is 0.868. The molecule has 27 heavy (non-hydrogen) atoms. The Morgan fingerprint density at radius 3 is 2.26 bits per heavy atom. The van der Waals surface area contributed by atoms with Gasteiger partial charge in [0.1, 0.15) is 0 Å². The lowest BCUT2D eigenvalue weighted by molar-refractivity contribution is -0.139. The number of carbonyl (C=O) groups excluding carboxylic acids is 3. The number of anilines is 1. The number of piperazine rings is 1. The summed E-state index contributed by atoms with van der Waals surface area (Å²) >= 11 is 0. The Morgan fingerprint density at radius 2 is 1.67 bits per heavy atom. The van der Waals surface area contributed by atoms with Crippen LogP contribution in [0, 0.1) is 11.8 Å². The molecule has 1 N–H and O–H groups in total. The first kappa shape index (κ1) is 19.2. The lowest BCUT2D eigenvalue weighted by Crippen LogP contribution is -2.50. The second-order valence-electron chi connectivity index (χ2n) is 6.85. The molecule has 2 aliphatic rings. The maximum atomic E-state index is 12.7. The smallest absolute Gasteiger partial charge is 0.339 e. The molecule has 1 aromatic carbocycles. The first-order chi connectivity index (χ1) is 12.7. The van der Waals surface area contributed by atoms with Gasteiger partial charge in [0.2, 0.25) is 17.7 Å². The number of rotatable bonds is 3. The number of carbonyl (C=O) groups is 3. The van der Waals surface area contributed by atoms with Crippen LogP contribution < -0.4 is 5.32 Å². The SMILES string of the molecule is CC(=O)N1CCN(C(=O)C2CC2C(=O)Nc2cccc(C(F)(F)F)c2)CC1. The van der Waals surface area contributed by atoms with Crippen LogP contribution in [0.3, 0.4) is 0 Å². The van der Waals surface area contributed by atoms with Crippen molar-refractivity contribution in [2.75, 3.05) is 31.5 Å². The average molecular weight is 383 g/mol. The first-order valence-electron chi connectivity index (χ1n) is 8.69. The van der Waals surface area contributed by atoms with Gasteiger partial charge in [0.15, 0.2) is 0 Å². The van der Waals surface area contributed by atoms with E-state index < -0.39 is 29.5 Å². The van der Waals surface area contributed by atoms with Gasteiger partial charge in [-0.15, -0.1) is 0 Å². The third-order valence-corrected chi connectivity index (χ3v) is 4.94. The Kier molecular flexibility index (Phi) is 5.12. The number of hydrogen-bond donors (Lipinski definition) is 1. The maximum absolute atomic E-state index is 12.7. The lowest BCUT2D eigenvalue weighted by atomic mass is 10.2. The molecule has 0 spiro atoms. The summed E-state index contributed by atoms with van der Waals surface area (Å²) in [5.74, 6) is -1.60. The van der Waals surface area contributed by atoms with E-state index in [1.165, 1.54) is 19.1 Å². The fourth-order valence-electron chi connectivity index (χ4n) is 3.24. The molecule has 6 nitrogen and oxygen atoms in total. The Hall–Kier alpha value is -2.58. The molecule has 1 aliphatic heterocycles. The van der Waals surface area contributed by atoms with Crippen molar-refractivity contribution in [1.29, 1.82) is 0 Å². The van der Waals surface area contributed by atoms with E-state index in [1.807, 2.05) is 0 Å². The number of halogens is 3. The minimum Gasteiger partial charge on any atom is -0.339 e. The van der Waals surface area contributed by atoms with Crippen molar-refractivity contribution in [3.8, 4) is 0 Å². The van der Waals surface area contributed by atoms with E-state index in [-0.39, 0.29) is 17.5 Å². The summed E-state index contributed by atoms with van der Waals surface area (Å²) < 4.78 is 38.2. The zero-order chi connectivity index (χ0) is 19.8. The Balaban J connectivity index is 1.53. The van der Waals surface area contributed by atoms with Crippen LogP contribution in [0.25, 0.3) is 0 Å². The minimum atomic E-state index is -4.49. The zero-order valence-electron chi connectivity index (χ0n) is 14.8. The predicted molar refractivity (Wildman–Crippen MR) is 90.5 cm³/mol. The van der Waals surface area contributed by atoms with Gasteiger partial charge in [-0.1, -0.05) is 6.07 Å². The Morgan fingerprint density at radius 1 is 1.04 bits per heavy atom. The summed E-state index contributed by atoms with van der Waals surface area (Å²) in [4.78, 5) is 39.4. The van der Waals surface area contributed by atoms with Crippen LogP contribution in [0.4, 0.5) is 18.9 Å². The van der Waals surface area contributed by atoms with Gasteiger partial charge in [-0.3, -0.25) is 14.4 Å². The fourth-order valence-corrected chi connectivity index (χ4v) is 3.24. The number of nitrogens with one attached hydrogen (secondary N) is 1. The van der Waals surface area contributed by atoms with Crippen molar-refractivity contribution in [2.24, 2.45) is 11.8 Å². The van der Waals surface area contributed by atoms with Crippen molar-refractivity contribution in [3.05, 3.63) is 29.8 Å². The van der Waals surface area contributed by atoms with E-state index in [2.05, 4.69) is 5.32 Å². The second kappa shape index (κ2) is 7.21. The summed E-state index contributed by atoms with van der Waals surface area (Å²) in [7, 11) is 0. The van der Waals surface area contributed by atoms with Gasteiger partial charge < -0.3 is 15.1 Å². The van der Waals surface area contributed by atoms with Gasteiger partial charge in [-0.25, -0.2) is 0 Å². The van der Waals surface area contributed by atoms with E-state index in [9.17, 15) is 27.6 Å². The van der Waals surface area contributed by atoms with Gasteiger partial charge in [-0.05, 0) is 24.6 Å². The summed E-state index contributed by atoms with van der Waals surface area (Å²) in [6.07, 6.45) is -4.10. The standard InChI is InChI=1S/C18H20F3N3O3/c1-11(25)23-5-7-24(8-6-23)17(27)15-10-14(15)16(26)22-13-4-2-3-12(9-13)18(19,20)21/h2-4,9,14-15H,5-8,10H2,1H3,(H,22,26). The zero-order valence-corrected chi connectivity index (χ0v) is 14.8. The van der Waals surface area contributed by atoms with Gasteiger partial charge >= 0.3 is 6.18 Å². The van der Waals surface area contributed by atoms with Crippen molar-refractivity contribution >= 4 is 23.4 Å². The molecular formula is C18H20F3N3O3. The van der Waals surface area contributed by atoms with Crippen LogP contribution >= 0.6 is 0 Å². The van der Waals surface area contributed by atoms with Crippen LogP contribution in [-0.2, 0) is 20.6 Å². The van der Waals surface area contributed by atoms with Crippen molar-refractivity contribution in [3.63, 3.8) is 0 Å². The number of amides is 3. The highest BCUT2D eigenvalue weighted by Crippen LogP contribution is 2.41. The normalized spacial score (nSPS) is 22.4. The molecule has 2 fully saturated rings. The molecule has 3 rings (SSSR count). The molecule has 0 radical (unpaired) electrons. The summed E-state index contributed by atoms with van der Waals surface area (Å²) in [5, 5.41) is 2.46. The Bertz CT molecular complexity index is 758.